The predicted molar refractivity (Wildman–Crippen MR) is 107 cm³/mol. The Morgan fingerprint density at radius 2 is 1.64 bits per heavy atom. The summed E-state index contributed by atoms with van der Waals surface area (Å²) in [5, 5.41) is 1.86. The lowest BCUT2D eigenvalue weighted by atomic mass is 10.1. The fourth-order valence-corrected chi connectivity index (χ4v) is 3.30. The zero-order chi connectivity index (χ0) is 24.4. The van der Waals surface area contributed by atoms with Crippen molar-refractivity contribution in [3.05, 3.63) is 57.6 Å². The second-order valence-electron chi connectivity index (χ2n) is 6.82. The minimum absolute atomic E-state index is 0.193. The van der Waals surface area contributed by atoms with Crippen LogP contribution in [0.15, 0.2) is 40.9 Å². The first-order valence-electron chi connectivity index (χ1n) is 9.30. The van der Waals surface area contributed by atoms with Gasteiger partial charge in [0.05, 0.1) is 35.6 Å². The Kier molecular flexibility index (Phi) is 7.22. The molecule has 6 nitrogen and oxygen atoms in total. The lowest BCUT2D eigenvalue weighted by Crippen LogP contribution is -2.42. The van der Waals surface area contributed by atoms with E-state index in [4.69, 9.17) is 9.47 Å². The fourth-order valence-electron chi connectivity index (χ4n) is 2.93. The molecule has 1 aliphatic rings. The molecule has 0 spiro atoms. The number of anilines is 1. The van der Waals surface area contributed by atoms with E-state index < -0.39 is 41.2 Å². The summed E-state index contributed by atoms with van der Waals surface area (Å²) in [6.45, 7) is 1.02. The number of ether oxygens (including phenoxy) is 2. The SMILES string of the molecule is O=C(Nc1cc(C(F)(F)F)ccc1C(F)(F)F)c1cc(Br)ccc1OC(=O)N1CCOCC1. The number of alkyl halides is 6. The quantitative estimate of drug-likeness (QED) is 0.517. The Hall–Kier alpha value is -2.80. The van der Waals surface area contributed by atoms with Crippen LogP contribution in [0.5, 0.6) is 5.75 Å². The number of nitrogens with zero attached hydrogens (tertiary/aromatic N) is 1. The van der Waals surface area contributed by atoms with Crippen LogP contribution in [0.4, 0.5) is 36.8 Å². The van der Waals surface area contributed by atoms with Gasteiger partial charge in [0.25, 0.3) is 5.91 Å². The van der Waals surface area contributed by atoms with Gasteiger partial charge in [-0.1, -0.05) is 15.9 Å². The van der Waals surface area contributed by atoms with Gasteiger partial charge in [0.2, 0.25) is 0 Å². The normalized spacial score (nSPS) is 14.7. The smallest absolute Gasteiger partial charge is 0.409 e. The van der Waals surface area contributed by atoms with E-state index in [1.165, 1.54) is 17.0 Å². The van der Waals surface area contributed by atoms with E-state index in [1.807, 2.05) is 5.32 Å². The van der Waals surface area contributed by atoms with Crippen molar-refractivity contribution in [3.63, 3.8) is 0 Å². The van der Waals surface area contributed by atoms with Gasteiger partial charge in [0, 0.05) is 17.6 Å². The number of carbonyl (C=O) groups excluding carboxylic acids is 2. The largest absolute Gasteiger partial charge is 0.418 e. The fraction of sp³-hybridized carbons (Fsp3) is 0.300. The first-order valence-corrected chi connectivity index (χ1v) is 10.1. The number of halogens is 7. The standard InChI is InChI=1S/C20H15BrF6N2O4/c21-12-2-4-16(33-18(31)29-5-7-32-8-6-29)13(10-12)17(30)28-15-9-11(19(22,23)24)1-3-14(15)20(25,26)27/h1-4,9-10H,5-8H2,(H,28,30). The molecule has 0 aliphatic carbocycles. The third kappa shape index (κ3) is 6.16. The molecule has 1 saturated heterocycles. The summed E-state index contributed by atoms with van der Waals surface area (Å²) in [5.74, 6) is -1.49. The summed E-state index contributed by atoms with van der Waals surface area (Å²) in [6, 6.07) is 4.51. The second-order valence-corrected chi connectivity index (χ2v) is 7.73. The average Bonchev–Trinajstić information content (AvgIpc) is 2.74. The third-order valence-electron chi connectivity index (χ3n) is 4.55. The number of hydrogen-bond donors (Lipinski definition) is 1. The maximum atomic E-state index is 13.3. The highest BCUT2D eigenvalue weighted by atomic mass is 79.9. The zero-order valence-electron chi connectivity index (χ0n) is 16.5. The van der Waals surface area contributed by atoms with Gasteiger partial charge in [-0.2, -0.15) is 26.3 Å². The van der Waals surface area contributed by atoms with Crippen molar-refractivity contribution in [2.75, 3.05) is 31.6 Å². The lowest BCUT2D eigenvalue weighted by molar-refractivity contribution is -0.140. The molecule has 1 fully saturated rings. The summed E-state index contributed by atoms with van der Waals surface area (Å²) in [4.78, 5) is 26.4. The number of morpholine rings is 1. The van der Waals surface area contributed by atoms with Crippen LogP contribution in [0.2, 0.25) is 0 Å². The highest BCUT2D eigenvalue weighted by Gasteiger charge is 2.37. The van der Waals surface area contributed by atoms with Gasteiger partial charge in [0.15, 0.2) is 0 Å². The molecule has 178 valence electrons. The van der Waals surface area contributed by atoms with E-state index in [0.717, 1.165) is 6.07 Å². The second kappa shape index (κ2) is 9.59. The molecular formula is C20H15BrF6N2O4. The zero-order valence-corrected chi connectivity index (χ0v) is 18.1. The van der Waals surface area contributed by atoms with E-state index >= 15 is 0 Å². The number of nitrogens with one attached hydrogen (secondary N) is 1. The molecule has 1 N–H and O–H groups in total. The first-order chi connectivity index (χ1) is 15.4. The van der Waals surface area contributed by atoms with Crippen molar-refractivity contribution in [1.82, 2.24) is 4.90 Å². The molecule has 1 heterocycles. The topological polar surface area (TPSA) is 67.9 Å². The molecule has 1 aliphatic heterocycles. The molecule has 0 unspecified atom stereocenters. The van der Waals surface area contributed by atoms with Crippen LogP contribution >= 0.6 is 15.9 Å². The molecule has 0 radical (unpaired) electrons. The van der Waals surface area contributed by atoms with Gasteiger partial charge in [-0.05, 0) is 36.4 Å². The molecule has 2 aromatic rings. The third-order valence-corrected chi connectivity index (χ3v) is 5.05. The predicted octanol–water partition coefficient (Wildman–Crippen LogP) is 5.57. The van der Waals surface area contributed by atoms with Crippen molar-refractivity contribution >= 4 is 33.6 Å². The maximum Gasteiger partial charge on any atom is 0.418 e. The number of benzene rings is 2. The van der Waals surface area contributed by atoms with Crippen LogP contribution in [0.1, 0.15) is 21.5 Å². The minimum Gasteiger partial charge on any atom is -0.409 e. The van der Waals surface area contributed by atoms with Crippen LogP contribution in [0, 0.1) is 0 Å². The highest BCUT2D eigenvalue weighted by molar-refractivity contribution is 9.10. The number of hydrogen-bond acceptors (Lipinski definition) is 4. The summed E-state index contributed by atoms with van der Waals surface area (Å²) in [7, 11) is 0. The lowest BCUT2D eigenvalue weighted by Gasteiger charge is -2.26. The summed E-state index contributed by atoms with van der Waals surface area (Å²) < 4.78 is 89.7. The molecule has 13 heteroatoms. The van der Waals surface area contributed by atoms with E-state index in [-0.39, 0.29) is 55.8 Å². The molecular weight excluding hydrogens is 526 g/mol. The van der Waals surface area contributed by atoms with Crippen molar-refractivity contribution in [2.24, 2.45) is 0 Å². The Morgan fingerprint density at radius 3 is 2.24 bits per heavy atom. The summed E-state index contributed by atoms with van der Waals surface area (Å²) in [5.41, 5.74) is -4.30. The van der Waals surface area contributed by atoms with Crippen molar-refractivity contribution in [3.8, 4) is 5.75 Å². The Balaban J connectivity index is 1.93. The first kappa shape index (κ1) is 24.8. The molecule has 3 rings (SSSR count). The van der Waals surface area contributed by atoms with Gasteiger partial charge < -0.3 is 19.7 Å². The summed E-state index contributed by atoms with van der Waals surface area (Å²) >= 11 is 3.10. The average molecular weight is 541 g/mol. The van der Waals surface area contributed by atoms with Crippen LogP contribution in [0.3, 0.4) is 0 Å². The monoisotopic (exact) mass is 540 g/mol. The van der Waals surface area contributed by atoms with Gasteiger partial charge >= 0.3 is 18.4 Å². The van der Waals surface area contributed by atoms with E-state index in [9.17, 15) is 35.9 Å². The molecule has 0 saturated carbocycles. The Labute approximate surface area is 191 Å². The molecule has 0 atom stereocenters. The highest BCUT2D eigenvalue weighted by Crippen LogP contribution is 2.39. The number of amides is 2. The minimum atomic E-state index is -5.03. The van der Waals surface area contributed by atoms with Crippen LogP contribution < -0.4 is 10.1 Å². The molecule has 33 heavy (non-hydrogen) atoms. The molecule has 2 amide bonds. The summed E-state index contributed by atoms with van der Waals surface area (Å²) in [6.07, 6.45) is -10.8. The molecule has 0 aromatic heterocycles. The Morgan fingerprint density at radius 1 is 0.970 bits per heavy atom. The van der Waals surface area contributed by atoms with Gasteiger partial charge in [-0.3, -0.25) is 4.79 Å². The van der Waals surface area contributed by atoms with Crippen molar-refractivity contribution in [1.29, 1.82) is 0 Å². The van der Waals surface area contributed by atoms with Gasteiger partial charge in [0.1, 0.15) is 5.75 Å². The van der Waals surface area contributed by atoms with E-state index in [1.54, 1.807) is 0 Å². The van der Waals surface area contributed by atoms with Crippen LogP contribution in [-0.2, 0) is 17.1 Å². The van der Waals surface area contributed by atoms with E-state index in [0.29, 0.717) is 4.47 Å². The van der Waals surface area contributed by atoms with E-state index in [2.05, 4.69) is 15.9 Å². The molecule has 2 aromatic carbocycles. The van der Waals surface area contributed by atoms with Crippen LogP contribution in [0.25, 0.3) is 0 Å². The van der Waals surface area contributed by atoms with Crippen LogP contribution in [-0.4, -0.2) is 43.2 Å². The number of rotatable bonds is 3. The van der Waals surface area contributed by atoms with Gasteiger partial charge in [-0.15, -0.1) is 0 Å². The number of carbonyl (C=O) groups is 2. The Bertz CT molecular complexity index is 1050. The maximum absolute atomic E-state index is 13.3. The van der Waals surface area contributed by atoms with Crippen molar-refractivity contribution in [2.45, 2.75) is 12.4 Å². The molecule has 0 bridgehead atoms. The van der Waals surface area contributed by atoms with Crippen molar-refractivity contribution < 1.29 is 45.4 Å². The van der Waals surface area contributed by atoms with Gasteiger partial charge in [-0.25, -0.2) is 4.79 Å².